The van der Waals surface area contributed by atoms with Crippen LogP contribution in [0.5, 0.6) is 11.5 Å². The monoisotopic (exact) mass is 485 g/mol. The number of anilines is 3. The summed E-state index contributed by atoms with van der Waals surface area (Å²) in [6, 6.07) is 17.0. The van der Waals surface area contributed by atoms with Gasteiger partial charge in [0.25, 0.3) is 0 Å². The Balaban J connectivity index is 1.21. The quantitative estimate of drug-likeness (QED) is 0.380. The lowest BCUT2D eigenvalue weighted by Gasteiger charge is -2.32. The molecule has 9 nitrogen and oxygen atoms in total. The fraction of sp³-hybridized carbons (Fsp3) is 0.370. The molecular formula is C27H31N7O2. The van der Waals surface area contributed by atoms with Crippen LogP contribution in [0.4, 0.5) is 17.5 Å². The lowest BCUT2D eigenvalue weighted by Crippen LogP contribution is -2.39. The summed E-state index contributed by atoms with van der Waals surface area (Å²) in [4.78, 5) is 16.9. The number of ether oxygens (including phenoxy) is 2. The molecule has 6 rings (SSSR count). The van der Waals surface area contributed by atoms with Crippen LogP contribution in [0, 0.1) is 0 Å². The Bertz CT molecular complexity index is 1350. The van der Waals surface area contributed by atoms with Gasteiger partial charge in [-0.2, -0.15) is 9.97 Å². The molecule has 186 valence electrons. The van der Waals surface area contributed by atoms with E-state index in [-0.39, 0.29) is 12.8 Å². The highest BCUT2D eigenvalue weighted by atomic mass is 16.7. The molecule has 0 aliphatic carbocycles. The lowest BCUT2D eigenvalue weighted by molar-refractivity contribution is 0.174. The van der Waals surface area contributed by atoms with Crippen molar-refractivity contribution in [3.05, 3.63) is 60.4 Å². The number of hydrogen-bond donors (Lipinski definition) is 2. The maximum absolute atomic E-state index is 5.54. The first-order valence-electron chi connectivity index (χ1n) is 12.6. The van der Waals surface area contributed by atoms with E-state index in [9.17, 15) is 0 Å². The molecule has 0 amide bonds. The van der Waals surface area contributed by atoms with E-state index >= 15 is 0 Å². The molecule has 0 bridgehead atoms. The maximum atomic E-state index is 5.54. The van der Waals surface area contributed by atoms with E-state index in [4.69, 9.17) is 19.4 Å². The van der Waals surface area contributed by atoms with E-state index in [1.807, 2.05) is 24.5 Å². The number of fused-ring (bicyclic) bond motifs is 2. The van der Waals surface area contributed by atoms with Crippen molar-refractivity contribution in [1.82, 2.24) is 24.4 Å². The van der Waals surface area contributed by atoms with E-state index in [1.165, 1.54) is 5.56 Å². The van der Waals surface area contributed by atoms with Crippen molar-refractivity contribution in [1.29, 1.82) is 0 Å². The van der Waals surface area contributed by atoms with Crippen molar-refractivity contribution in [2.75, 3.05) is 30.5 Å². The molecule has 1 fully saturated rings. The van der Waals surface area contributed by atoms with Crippen molar-refractivity contribution in [2.24, 2.45) is 0 Å². The van der Waals surface area contributed by atoms with Gasteiger partial charge < -0.3 is 24.7 Å². The van der Waals surface area contributed by atoms with Crippen LogP contribution >= 0.6 is 0 Å². The van der Waals surface area contributed by atoms with Crippen molar-refractivity contribution in [3.63, 3.8) is 0 Å². The number of rotatable bonds is 7. The molecule has 2 aromatic heterocycles. The Kier molecular flexibility index (Phi) is 6.06. The van der Waals surface area contributed by atoms with Gasteiger partial charge in [0.1, 0.15) is 0 Å². The topological polar surface area (TPSA) is 89.4 Å². The zero-order chi connectivity index (χ0) is 24.5. The van der Waals surface area contributed by atoms with Gasteiger partial charge in [-0.15, -0.1) is 0 Å². The van der Waals surface area contributed by atoms with Gasteiger partial charge in [-0.1, -0.05) is 30.3 Å². The highest BCUT2D eigenvalue weighted by Gasteiger charge is 2.22. The van der Waals surface area contributed by atoms with Crippen molar-refractivity contribution in [3.8, 4) is 11.5 Å². The van der Waals surface area contributed by atoms with Gasteiger partial charge in [-0.25, -0.2) is 4.98 Å². The Morgan fingerprint density at radius 2 is 1.81 bits per heavy atom. The minimum absolute atomic E-state index is 0.234. The maximum Gasteiger partial charge on any atom is 0.231 e. The van der Waals surface area contributed by atoms with Crippen LogP contribution in [-0.2, 0) is 6.54 Å². The molecule has 2 aliphatic rings. The molecule has 0 atom stereocenters. The summed E-state index contributed by atoms with van der Waals surface area (Å²) in [5.41, 5.74) is 3.77. The number of likely N-dealkylation sites (tertiary alicyclic amines) is 1. The van der Waals surface area contributed by atoms with Crippen LogP contribution in [0.25, 0.3) is 11.2 Å². The van der Waals surface area contributed by atoms with E-state index in [0.29, 0.717) is 17.8 Å². The SMILES string of the molecule is CC(C)n1cnc2c(Nc3ccc4c(c3)OCO4)nc(NC3CCN(Cc4ccccc4)CC3)nc21. The Morgan fingerprint density at radius 3 is 2.61 bits per heavy atom. The summed E-state index contributed by atoms with van der Waals surface area (Å²) < 4.78 is 13.1. The van der Waals surface area contributed by atoms with Crippen LogP contribution in [0.15, 0.2) is 54.9 Å². The molecule has 9 heteroatoms. The number of nitrogens with zero attached hydrogens (tertiary/aromatic N) is 5. The fourth-order valence-electron chi connectivity index (χ4n) is 4.82. The molecule has 1 saturated heterocycles. The van der Waals surface area contributed by atoms with Crippen molar-refractivity contribution < 1.29 is 9.47 Å². The smallest absolute Gasteiger partial charge is 0.231 e. The normalized spacial score (nSPS) is 16.1. The van der Waals surface area contributed by atoms with Gasteiger partial charge in [0.2, 0.25) is 12.7 Å². The van der Waals surface area contributed by atoms with Crippen LogP contribution in [0.1, 0.15) is 38.3 Å². The zero-order valence-corrected chi connectivity index (χ0v) is 20.6. The van der Waals surface area contributed by atoms with Gasteiger partial charge in [0.05, 0.1) is 6.33 Å². The average molecular weight is 486 g/mol. The second-order valence-electron chi connectivity index (χ2n) is 9.69. The highest BCUT2D eigenvalue weighted by molar-refractivity contribution is 5.87. The number of piperidine rings is 1. The van der Waals surface area contributed by atoms with Crippen LogP contribution in [0.2, 0.25) is 0 Å². The van der Waals surface area contributed by atoms with Gasteiger partial charge in [0.15, 0.2) is 28.5 Å². The average Bonchev–Trinajstić information content (AvgIpc) is 3.53. The predicted octanol–water partition coefficient (Wildman–Crippen LogP) is 4.96. The van der Waals surface area contributed by atoms with Crippen molar-refractivity contribution in [2.45, 2.75) is 45.3 Å². The molecule has 2 aliphatic heterocycles. The third kappa shape index (κ3) is 4.66. The third-order valence-electron chi connectivity index (χ3n) is 6.78. The standard InChI is InChI=1S/C27H31N7O2/c1-18(2)34-16-28-24-25(29-21-8-9-22-23(14-21)36-17-35-22)31-27(32-26(24)34)30-20-10-12-33(13-11-20)15-19-6-4-3-5-7-19/h3-9,14,16,18,20H,10-13,15,17H2,1-2H3,(H2,29,30,31,32). The number of aromatic nitrogens is 4. The number of nitrogens with one attached hydrogen (secondary N) is 2. The molecular weight excluding hydrogens is 454 g/mol. The minimum atomic E-state index is 0.234. The first kappa shape index (κ1) is 22.6. The van der Waals surface area contributed by atoms with Crippen LogP contribution in [-0.4, -0.2) is 50.3 Å². The summed E-state index contributed by atoms with van der Waals surface area (Å²) in [6.07, 6.45) is 3.92. The number of hydrogen-bond acceptors (Lipinski definition) is 8. The largest absolute Gasteiger partial charge is 0.454 e. The minimum Gasteiger partial charge on any atom is -0.454 e. The van der Waals surface area contributed by atoms with E-state index < -0.39 is 0 Å². The van der Waals surface area contributed by atoms with Gasteiger partial charge in [0, 0.05) is 43.5 Å². The van der Waals surface area contributed by atoms with Gasteiger partial charge in [-0.3, -0.25) is 4.90 Å². The summed E-state index contributed by atoms with van der Waals surface area (Å²) in [5.74, 6) is 2.76. The molecule has 4 heterocycles. The second kappa shape index (κ2) is 9.66. The Hall–Kier alpha value is -3.85. The molecule has 2 aromatic carbocycles. The van der Waals surface area contributed by atoms with E-state index in [2.05, 4.69) is 69.3 Å². The third-order valence-corrected chi connectivity index (χ3v) is 6.78. The first-order valence-corrected chi connectivity index (χ1v) is 12.6. The summed E-state index contributed by atoms with van der Waals surface area (Å²) in [5, 5.41) is 7.04. The molecule has 0 unspecified atom stereocenters. The first-order chi connectivity index (χ1) is 17.6. The molecule has 0 spiro atoms. The second-order valence-corrected chi connectivity index (χ2v) is 9.69. The van der Waals surface area contributed by atoms with Crippen LogP contribution < -0.4 is 20.1 Å². The summed E-state index contributed by atoms with van der Waals surface area (Å²) in [6.45, 7) is 7.58. The van der Waals surface area contributed by atoms with Crippen molar-refractivity contribution >= 4 is 28.6 Å². The summed E-state index contributed by atoms with van der Waals surface area (Å²) >= 11 is 0. The highest BCUT2D eigenvalue weighted by Crippen LogP contribution is 2.36. The van der Waals surface area contributed by atoms with E-state index in [1.54, 1.807) is 0 Å². The van der Waals surface area contributed by atoms with Gasteiger partial charge in [-0.05, 0) is 44.4 Å². The fourth-order valence-corrected chi connectivity index (χ4v) is 4.82. The lowest BCUT2D eigenvalue weighted by atomic mass is 10.0. The molecule has 0 saturated carbocycles. The van der Waals surface area contributed by atoms with Gasteiger partial charge >= 0.3 is 0 Å². The Morgan fingerprint density at radius 1 is 1.00 bits per heavy atom. The molecule has 4 aromatic rings. The Labute approximate surface area is 210 Å². The number of imidazole rings is 1. The number of benzene rings is 2. The van der Waals surface area contributed by atoms with E-state index in [0.717, 1.165) is 60.8 Å². The van der Waals surface area contributed by atoms with Crippen LogP contribution in [0.3, 0.4) is 0 Å². The molecule has 0 radical (unpaired) electrons. The molecule has 2 N–H and O–H groups in total. The zero-order valence-electron chi connectivity index (χ0n) is 20.6. The molecule has 36 heavy (non-hydrogen) atoms. The summed E-state index contributed by atoms with van der Waals surface area (Å²) in [7, 11) is 0. The predicted molar refractivity (Wildman–Crippen MR) is 140 cm³/mol.